The van der Waals surface area contributed by atoms with Crippen LogP contribution in [0.2, 0.25) is 19.6 Å². The van der Waals surface area contributed by atoms with Crippen LogP contribution >= 0.6 is 23.2 Å². The highest BCUT2D eigenvalue weighted by Gasteiger charge is 2.78. The maximum atomic E-state index is 12.4. The van der Waals surface area contributed by atoms with Crippen LogP contribution in [0.15, 0.2) is 30.3 Å². The van der Waals surface area contributed by atoms with Crippen molar-refractivity contribution in [3.63, 3.8) is 0 Å². The van der Waals surface area contributed by atoms with Crippen molar-refractivity contribution in [1.82, 2.24) is 0 Å². The predicted octanol–water partition coefficient (Wildman–Crippen LogP) is 4.52. The highest BCUT2D eigenvalue weighted by Crippen LogP contribution is 2.67. The SMILES string of the molecule is CC1(C)C(=O)C(Cl)(Cl)C1(O[Si](C)(C)C)c1ccccc1. The molecule has 2 rings (SSSR count). The molecule has 1 aliphatic carbocycles. The first-order chi connectivity index (χ1) is 8.97. The summed E-state index contributed by atoms with van der Waals surface area (Å²) in [7, 11) is -1.97. The Morgan fingerprint density at radius 1 is 1.05 bits per heavy atom. The third-order valence-corrected chi connectivity index (χ3v) is 5.61. The summed E-state index contributed by atoms with van der Waals surface area (Å²) in [5.74, 6) is -0.185. The zero-order valence-corrected chi connectivity index (χ0v) is 15.0. The van der Waals surface area contributed by atoms with Gasteiger partial charge in [-0.15, -0.1) is 0 Å². The van der Waals surface area contributed by atoms with E-state index >= 15 is 0 Å². The van der Waals surface area contributed by atoms with E-state index in [1.165, 1.54) is 0 Å². The van der Waals surface area contributed by atoms with Crippen molar-refractivity contribution in [3.05, 3.63) is 35.9 Å². The molecule has 0 aromatic heterocycles. The molecule has 20 heavy (non-hydrogen) atoms. The smallest absolute Gasteiger partial charge is 0.209 e. The molecule has 0 aliphatic heterocycles. The highest BCUT2D eigenvalue weighted by atomic mass is 35.5. The Kier molecular flexibility index (Phi) is 3.66. The molecule has 1 aliphatic rings. The summed E-state index contributed by atoms with van der Waals surface area (Å²) in [6.45, 7) is 9.91. The number of rotatable bonds is 3. The number of Topliss-reactive ketones (excluding diaryl/α,β-unsaturated/α-hetero) is 1. The van der Waals surface area contributed by atoms with Crippen molar-refractivity contribution < 1.29 is 9.22 Å². The first-order valence-corrected chi connectivity index (χ1v) is 10.8. The molecule has 1 atom stereocenters. The Bertz CT molecular complexity index is 515. The van der Waals surface area contributed by atoms with E-state index in [9.17, 15) is 4.79 Å². The van der Waals surface area contributed by atoms with E-state index in [4.69, 9.17) is 27.6 Å². The first-order valence-electron chi connectivity index (χ1n) is 6.65. The molecule has 0 spiro atoms. The summed E-state index contributed by atoms with van der Waals surface area (Å²) in [5.41, 5.74) is -0.888. The molecule has 110 valence electrons. The molecule has 1 fully saturated rings. The van der Waals surface area contributed by atoms with Gasteiger partial charge in [-0.25, -0.2) is 0 Å². The molecule has 1 aromatic carbocycles. The number of halogens is 2. The molecule has 2 nitrogen and oxygen atoms in total. The van der Waals surface area contributed by atoms with Crippen LogP contribution in [0.25, 0.3) is 0 Å². The van der Waals surface area contributed by atoms with Crippen molar-refractivity contribution in [2.24, 2.45) is 5.41 Å². The monoisotopic (exact) mass is 330 g/mol. The topological polar surface area (TPSA) is 26.3 Å². The number of hydrogen-bond donors (Lipinski definition) is 0. The lowest BCUT2D eigenvalue weighted by molar-refractivity contribution is -0.178. The zero-order valence-electron chi connectivity index (χ0n) is 12.5. The van der Waals surface area contributed by atoms with Crippen LogP contribution in [0.1, 0.15) is 19.4 Å². The fourth-order valence-electron chi connectivity index (χ4n) is 2.97. The maximum absolute atomic E-state index is 12.4. The van der Waals surface area contributed by atoms with Gasteiger partial charge in [-0.3, -0.25) is 4.79 Å². The Hall–Kier alpha value is -0.353. The molecule has 1 saturated carbocycles. The number of carbonyl (C=O) groups is 1. The van der Waals surface area contributed by atoms with Crippen LogP contribution in [-0.4, -0.2) is 18.4 Å². The van der Waals surface area contributed by atoms with Gasteiger partial charge in [-0.2, -0.15) is 0 Å². The average Bonchev–Trinajstić information content (AvgIpc) is 2.34. The van der Waals surface area contributed by atoms with Gasteiger partial charge in [0.15, 0.2) is 14.1 Å². The van der Waals surface area contributed by atoms with Gasteiger partial charge in [-0.05, 0) is 39.1 Å². The van der Waals surface area contributed by atoms with Crippen LogP contribution in [0.5, 0.6) is 0 Å². The minimum atomic E-state index is -1.97. The third-order valence-electron chi connectivity index (χ3n) is 3.81. The summed E-state index contributed by atoms with van der Waals surface area (Å²) < 4.78 is 4.86. The lowest BCUT2D eigenvalue weighted by Crippen LogP contribution is -2.76. The lowest BCUT2D eigenvalue weighted by atomic mass is 9.54. The van der Waals surface area contributed by atoms with Gasteiger partial charge in [0.25, 0.3) is 0 Å². The minimum absolute atomic E-state index is 0.185. The third kappa shape index (κ3) is 1.98. The molecule has 1 aromatic rings. The van der Waals surface area contributed by atoms with Gasteiger partial charge in [0.1, 0.15) is 5.60 Å². The Labute approximate surface area is 131 Å². The van der Waals surface area contributed by atoms with Gasteiger partial charge in [0.2, 0.25) is 4.33 Å². The largest absolute Gasteiger partial charge is 0.404 e. The molecule has 1 unspecified atom stereocenters. The summed E-state index contributed by atoms with van der Waals surface area (Å²) in [6, 6.07) is 9.59. The summed E-state index contributed by atoms with van der Waals surface area (Å²) in [5, 5.41) is 0. The lowest BCUT2D eigenvalue weighted by Gasteiger charge is -2.63. The van der Waals surface area contributed by atoms with E-state index in [2.05, 4.69) is 19.6 Å². The standard InChI is InChI=1S/C15H20Cl2O2Si/c1-13(2)12(18)15(16,17)14(13,19-20(3,4)5)11-9-7-6-8-10-11/h6-10H,1-5H3. The number of ketones is 1. The van der Waals surface area contributed by atoms with E-state index in [-0.39, 0.29) is 5.78 Å². The molecule has 0 N–H and O–H groups in total. The zero-order chi connectivity index (χ0) is 15.4. The Balaban J connectivity index is 2.66. The number of carbonyl (C=O) groups excluding carboxylic acids is 1. The van der Waals surface area contributed by atoms with Crippen molar-refractivity contribution >= 4 is 37.3 Å². The van der Waals surface area contributed by atoms with Gasteiger partial charge in [0.05, 0.1) is 5.41 Å². The normalized spacial score (nSPS) is 28.1. The average molecular weight is 331 g/mol. The van der Waals surface area contributed by atoms with Crippen molar-refractivity contribution in [2.45, 2.75) is 43.4 Å². The van der Waals surface area contributed by atoms with Crippen molar-refractivity contribution in [3.8, 4) is 0 Å². The molecule has 0 heterocycles. The highest BCUT2D eigenvalue weighted by molar-refractivity contribution is 6.70. The second-order valence-corrected chi connectivity index (χ2v) is 12.5. The van der Waals surface area contributed by atoms with E-state index in [1.54, 1.807) is 0 Å². The van der Waals surface area contributed by atoms with Crippen molar-refractivity contribution in [2.75, 3.05) is 0 Å². The van der Waals surface area contributed by atoms with Crippen LogP contribution in [0, 0.1) is 5.41 Å². The minimum Gasteiger partial charge on any atom is -0.404 e. The van der Waals surface area contributed by atoms with E-state index in [0.29, 0.717) is 0 Å². The molecule has 5 heteroatoms. The molecular weight excluding hydrogens is 311 g/mol. The van der Waals surface area contributed by atoms with Crippen LogP contribution < -0.4 is 0 Å². The first kappa shape index (κ1) is 16.0. The fourth-order valence-corrected chi connectivity index (χ4v) is 5.78. The molecule has 0 saturated heterocycles. The quantitative estimate of drug-likeness (QED) is 0.601. The maximum Gasteiger partial charge on any atom is 0.209 e. The van der Waals surface area contributed by atoms with Gasteiger partial charge in [0, 0.05) is 0 Å². The summed E-state index contributed by atoms with van der Waals surface area (Å²) in [4.78, 5) is 12.4. The molecular formula is C15H20Cl2O2Si. The van der Waals surface area contributed by atoms with E-state index in [0.717, 1.165) is 5.56 Å². The van der Waals surface area contributed by atoms with E-state index in [1.807, 2.05) is 44.2 Å². The summed E-state index contributed by atoms with van der Waals surface area (Å²) >= 11 is 12.8. The number of hydrogen-bond acceptors (Lipinski definition) is 2. The molecule has 0 amide bonds. The number of alkyl halides is 2. The molecule has 0 radical (unpaired) electrons. The number of benzene rings is 1. The van der Waals surface area contributed by atoms with Gasteiger partial charge >= 0.3 is 0 Å². The second-order valence-electron chi connectivity index (χ2n) is 6.79. The Morgan fingerprint density at radius 2 is 1.55 bits per heavy atom. The second kappa shape index (κ2) is 4.57. The van der Waals surface area contributed by atoms with Crippen LogP contribution in [0.3, 0.4) is 0 Å². The Morgan fingerprint density at radius 3 is 1.95 bits per heavy atom. The molecule has 0 bridgehead atoms. The fraction of sp³-hybridized carbons (Fsp3) is 0.533. The van der Waals surface area contributed by atoms with Crippen LogP contribution in [0.4, 0.5) is 0 Å². The predicted molar refractivity (Wildman–Crippen MR) is 85.8 cm³/mol. The van der Waals surface area contributed by atoms with Crippen molar-refractivity contribution in [1.29, 1.82) is 0 Å². The van der Waals surface area contributed by atoms with Crippen LogP contribution in [-0.2, 0) is 14.8 Å². The van der Waals surface area contributed by atoms with Gasteiger partial charge < -0.3 is 4.43 Å². The van der Waals surface area contributed by atoms with Gasteiger partial charge in [-0.1, -0.05) is 53.5 Å². The summed E-state index contributed by atoms with van der Waals surface area (Å²) in [6.07, 6.45) is 0. The van der Waals surface area contributed by atoms with E-state index < -0.39 is 23.7 Å².